The number of nitrogens with two attached hydrogens (primary N) is 2. The van der Waals surface area contributed by atoms with Gasteiger partial charge in [-0.15, -0.1) is 0 Å². The van der Waals surface area contributed by atoms with Crippen LogP contribution in [0.2, 0.25) is 0 Å². The number of hydrogen-bond acceptors (Lipinski definition) is 4. The number of amides is 1. The van der Waals surface area contributed by atoms with Crippen LogP contribution in [0.15, 0.2) is 52.4 Å². The lowest BCUT2D eigenvalue weighted by atomic mass is 10.0. The van der Waals surface area contributed by atoms with Gasteiger partial charge in [0.15, 0.2) is 15.8 Å². The Morgan fingerprint density at radius 1 is 1.16 bits per heavy atom. The molecule has 0 bridgehead atoms. The standard InChI is InChI=1S/C17H20N4O3S/c1-3-11-9-14(20-12-7-5-4-6-8-12)15(25(2,23)24)10-13(11)16(22)21-17(18)19/h4-10,20H,3H2,1-2H3,(H4,18,19,21,22). The Hall–Kier alpha value is -2.87. The van der Waals surface area contributed by atoms with Crippen molar-refractivity contribution in [2.75, 3.05) is 11.6 Å². The van der Waals surface area contributed by atoms with Crippen molar-refractivity contribution in [1.82, 2.24) is 0 Å². The number of guanidine groups is 1. The second-order valence-electron chi connectivity index (χ2n) is 5.46. The summed E-state index contributed by atoms with van der Waals surface area (Å²) in [6, 6.07) is 12.1. The number of nitrogens with zero attached hydrogens (tertiary/aromatic N) is 1. The summed E-state index contributed by atoms with van der Waals surface area (Å²) in [6.45, 7) is 1.86. The number of carbonyl (C=O) groups is 1. The van der Waals surface area contributed by atoms with Gasteiger partial charge in [-0.25, -0.2) is 8.42 Å². The Bertz CT molecular complexity index is 918. The summed E-state index contributed by atoms with van der Waals surface area (Å²) < 4.78 is 24.4. The van der Waals surface area contributed by atoms with Crippen molar-refractivity contribution in [3.63, 3.8) is 0 Å². The Labute approximate surface area is 146 Å². The van der Waals surface area contributed by atoms with E-state index in [-0.39, 0.29) is 16.4 Å². The lowest BCUT2D eigenvalue weighted by Gasteiger charge is -2.15. The fraction of sp³-hybridized carbons (Fsp3) is 0.176. The number of sulfone groups is 1. The highest BCUT2D eigenvalue weighted by molar-refractivity contribution is 7.90. The maximum atomic E-state index is 12.2. The van der Waals surface area contributed by atoms with E-state index in [1.54, 1.807) is 6.07 Å². The number of hydrogen-bond donors (Lipinski definition) is 3. The van der Waals surface area contributed by atoms with Crippen molar-refractivity contribution >= 4 is 33.1 Å². The number of nitrogens with one attached hydrogen (secondary N) is 1. The number of anilines is 2. The molecule has 0 saturated heterocycles. The van der Waals surface area contributed by atoms with Gasteiger partial charge >= 0.3 is 0 Å². The fourth-order valence-corrected chi connectivity index (χ4v) is 3.22. The molecule has 0 aromatic heterocycles. The van der Waals surface area contributed by atoms with E-state index < -0.39 is 15.7 Å². The normalized spacial score (nSPS) is 11.0. The molecule has 2 aromatic carbocycles. The van der Waals surface area contributed by atoms with E-state index >= 15 is 0 Å². The van der Waals surface area contributed by atoms with Gasteiger partial charge in [0.25, 0.3) is 5.91 Å². The van der Waals surface area contributed by atoms with Gasteiger partial charge in [-0.05, 0) is 36.2 Å². The van der Waals surface area contributed by atoms with Gasteiger partial charge in [-0.3, -0.25) is 4.79 Å². The zero-order valence-electron chi connectivity index (χ0n) is 14.0. The summed E-state index contributed by atoms with van der Waals surface area (Å²) in [7, 11) is -3.59. The summed E-state index contributed by atoms with van der Waals surface area (Å²) in [5.41, 5.74) is 12.4. The van der Waals surface area contributed by atoms with E-state index in [0.29, 0.717) is 17.7 Å². The summed E-state index contributed by atoms with van der Waals surface area (Å²) in [5, 5.41) is 3.09. The summed E-state index contributed by atoms with van der Waals surface area (Å²) >= 11 is 0. The van der Waals surface area contributed by atoms with E-state index in [4.69, 9.17) is 11.5 Å². The first kappa shape index (κ1) is 18.5. The highest BCUT2D eigenvalue weighted by Crippen LogP contribution is 2.29. The Balaban J connectivity index is 2.64. The minimum Gasteiger partial charge on any atom is -0.370 e. The predicted molar refractivity (Wildman–Crippen MR) is 98.8 cm³/mol. The molecule has 2 aromatic rings. The number of aryl methyl sites for hydroxylation is 1. The molecule has 0 fully saturated rings. The molecule has 2 rings (SSSR count). The van der Waals surface area contributed by atoms with Crippen LogP contribution in [0.5, 0.6) is 0 Å². The van der Waals surface area contributed by atoms with Crippen LogP contribution in [0.4, 0.5) is 11.4 Å². The lowest BCUT2D eigenvalue weighted by Crippen LogP contribution is -2.24. The third kappa shape index (κ3) is 4.57. The molecule has 0 atom stereocenters. The third-order valence-corrected chi connectivity index (χ3v) is 4.64. The van der Waals surface area contributed by atoms with E-state index in [1.165, 1.54) is 6.07 Å². The van der Waals surface area contributed by atoms with Crippen molar-refractivity contribution in [2.24, 2.45) is 16.5 Å². The molecule has 8 heteroatoms. The second-order valence-corrected chi connectivity index (χ2v) is 7.45. The SMILES string of the molecule is CCc1cc(Nc2ccccc2)c(S(C)(=O)=O)cc1C(=O)N=C(N)N. The average Bonchev–Trinajstić information content (AvgIpc) is 2.53. The minimum absolute atomic E-state index is 0.00250. The average molecular weight is 360 g/mol. The molecule has 5 N–H and O–H groups in total. The van der Waals surface area contributed by atoms with Gasteiger partial charge in [0.1, 0.15) is 0 Å². The van der Waals surface area contributed by atoms with Gasteiger partial charge in [-0.1, -0.05) is 25.1 Å². The zero-order valence-corrected chi connectivity index (χ0v) is 14.8. The number of para-hydroxylation sites is 1. The molecule has 1 amide bonds. The fourth-order valence-electron chi connectivity index (χ4n) is 2.38. The van der Waals surface area contributed by atoms with Gasteiger partial charge in [-0.2, -0.15) is 4.99 Å². The third-order valence-electron chi connectivity index (χ3n) is 3.50. The number of benzene rings is 2. The number of carbonyl (C=O) groups excluding carboxylic acids is 1. The molecule has 0 radical (unpaired) electrons. The van der Waals surface area contributed by atoms with Crippen LogP contribution >= 0.6 is 0 Å². The molecule has 132 valence electrons. The number of rotatable bonds is 5. The highest BCUT2D eigenvalue weighted by atomic mass is 32.2. The van der Waals surface area contributed by atoms with Crippen LogP contribution in [-0.2, 0) is 16.3 Å². The van der Waals surface area contributed by atoms with Crippen molar-refractivity contribution in [2.45, 2.75) is 18.2 Å². The van der Waals surface area contributed by atoms with Crippen LogP contribution < -0.4 is 16.8 Å². The lowest BCUT2D eigenvalue weighted by molar-refractivity contribution is 0.100. The summed E-state index contributed by atoms with van der Waals surface area (Å²) in [5.74, 6) is -1.05. The van der Waals surface area contributed by atoms with Crippen LogP contribution in [0.3, 0.4) is 0 Å². The molecule has 25 heavy (non-hydrogen) atoms. The molecule has 0 spiro atoms. The van der Waals surface area contributed by atoms with Crippen LogP contribution in [-0.4, -0.2) is 26.5 Å². The van der Waals surface area contributed by atoms with E-state index in [1.807, 2.05) is 37.3 Å². The van der Waals surface area contributed by atoms with E-state index in [9.17, 15) is 13.2 Å². The van der Waals surface area contributed by atoms with Crippen molar-refractivity contribution in [1.29, 1.82) is 0 Å². The maximum absolute atomic E-state index is 12.2. The van der Waals surface area contributed by atoms with Gasteiger partial charge < -0.3 is 16.8 Å². The molecule has 0 heterocycles. The molecule has 0 saturated carbocycles. The second kappa shape index (κ2) is 7.35. The van der Waals surface area contributed by atoms with Crippen molar-refractivity contribution in [3.05, 3.63) is 53.6 Å². The van der Waals surface area contributed by atoms with Crippen LogP contribution in [0.1, 0.15) is 22.8 Å². The summed E-state index contributed by atoms with van der Waals surface area (Å²) in [4.78, 5) is 15.7. The molecule has 0 unspecified atom stereocenters. The Kier molecular flexibility index (Phi) is 5.43. The molecule has 0 aliphatic heterocycles. The first-order valence-corrected chi connectivity index (χ1v) is 9.44. The van der Waals surface area contributed by atoms with Gasteiger partial charge in [0.2, 0.25) is 0 Å². The summed E-state index contributed by atoms with van der Waals surface area (Å²) in [6.07, 6.45) is 1.59. The van der Waals surface area contributed by atoms with E-state index in [0.717, 1.165) is 11.9 Å². The van der Waals surface area contributed by atoms with E-state index in [2.05, 4.69) is 10.3 Å². The maximum Gasteiger partial charge on any atom is 0.280 e. The molecular weight excluding hydrogens is 340 g/mol. The van der Waals surface area contributed by atoms with Crippen molar-refractivity contribution in [3.8, 4) is 0 Å². The predicted octanol–water partition coefficient (Wildman–Crippen LogP) is 1.81. The number of aliphatic imine (C=N–C) groups is 1. The molecule has 0 aliphatic rings. The topological polar surface area (TPSA) is 128 Å². The van der Waals surface area contributed by atoms with Gasteiger partial charge in [0, 0.05) is 17.5 Å². The van der Waals surface area contributed by atoms with Crippen LogP contribution in [0, 0.1) is 0 Å². The quantitative estimate of drug-likeness (QED) is 0.551. The first-order valence-electron chi connectivity index (χ1n) is 7.55. The minimum atomic E-state index is -3.59. The Morgan fingerprint density at radius 2 is 1.80 bits per heavy atom. The first-order chi connectivity index (χ1) is 11.7. The molecule has 0 aliphatic carbocycles. The monoisotopic (exact) mass is 360 g/mol. The molecular formula is C17H20N4O3S. The largest absolute Gasteiger partial charge is 0.370 e. The smallest absolute Gasteiger partial charge is 0.280 e. The zero-order chi connectivity index (χ0) is 18.6. The van der Waals surface area contributed by atoms with Crippen molar-refractivity contribution < 1.29 is 13.2 Å². The Morgan fingerprint density at radius 3 is 2.32 bits per heavy atom. The molecule has 7 nitrogen and oxygen atoms in total. The van der Waals surface area contributed by atoms with Gasteiger partial charge in [0.05, 0.1) is 10.6 Å². The highest BCUT2D eigenvalue weighted by Gasteiger charge is 2.20. The van der Waals surface area contributed by atoms with Crippen LogP contribution in [0.25, 0.3) is 0 Å².